The molecule has 0 aliphatic carbocycles. The van der Waals surface area contributed by atoms with Crippen molar-refractivity contribution in [3.05, 3.63) is 0 Å². The van der Waals surface area contributed by atoms with Gasteiger partial charge in [0.1, 0.15) is 0 Å². The molecule has 1 heterocycles. The van der Waals surface area contributed by atoms with E-state index in [0.29, 0.717) is 5.25 Å². The molecule has 0 bridgehead atoms. The molecule has 13 heavy (non-hydrogen) atoms. The quantitative estimate of drug-likeness (QED) is 0.744. The van der Waals surface area contributed by atoms with Gasteiger partial charge in [0.2, 0.25) is 5.91 Å². The molecule has 0 saturated carbocycles. The highest BCUT2D eigenvalue weighted by Crippen LogP contribution is 2.24. The molecule has 0 aromatic heterocycles. The number of nitrogens with one attached hydrogen (secondary N) is 1. The maximum Gasteiger partial charge on any atom is 0.232 e. The molecule has 0 aromatic carbocycles. The van der Waals surface area contributed by atoms with Crippen molar-refractivity contribution in [3.8, 4) is 0 Å². The number of carbonyl (C=O) groups excluding carboxylic acids is 1. The van der Waals surface area contributed by atoms with Crippen LogP contribution in [0.4, 0.5) is 0 Å². The molecule has 3 nitrogen and oxygen atoms in total. The summed E-state index contributed by atoms with van der Waals surface area (Å²) in [7, 11) is 1.68. The van der Waals surface area contributed by atoms with Crippen LogP contribution in [0.5, 0.6) is 0 Å². The first-order valence-corrected chi connectivity index (χ1v) is 5.63. The number of rotatable bonds is 3. The Morgan fingerprint density at radius 1 is 1.69 bits per heavy atom. The lowest BCUT2D eigenvalue weighted by molar-refractivity contribution is -0.119. The Morgan fingerprint density at radius 2 is 2.46 bits per heavy atom. The van der Waals surface area contributed by atoms with Gasteiger partial charge in [-0.1, -0.05) is 0 Å². The predicted octanol–water partition coefficient (Wildman–Crippen LogP) is 1.03. The molecule has 1 saturated heterocycles. The minimum atomic E-state index is 0.0386. The average molecular weight is 203 g/mol. The minimum absolute atomic E-state index is 0.0386. The zero-order valence-corrected chi connectivity index (χ0v) is 9.02. The van der Waals surface area contributed by atoms with Crippen molar-refractivity contribution < 1.29 is 9.53 Å². The summed E-state index contributed by atoms with van der Waals surface area (Å²) in [6.07, 6.45) is 2.30. The highest BCUT2D eigenvalue weighted by atomic mass is 32.2. The summed E-state index contributed by atoms with van der Waals surface area (Å²) in [5.74, 6) is 0.107. The van der Waals surface area contributed by atoms with Crippen molar-refractivity contribution in [2.24, 2.45) is 0 Å². The van der Waals surface area contributed by atoms with E-state index in [1.165, 1.54) is 6.42 Å². The van der Waals surface area contributed by atoms with E-state index in [0.717, 1.165) is 19.6 Å². The van der Waals surface area contributed by atoms with E-state index < -0.39 is 0 Å². The fourth-order valence-electron chi connectivity index (χ4n) is 1.37. The summed E-state index contributed by atoms with van der Waals surface area (Å²) in [6.45, 7) is 3.62. The molecule has 1 N–H and O–H groups in total. The van der Waals surface area contributed by atoms with Gasteiger partial charge in [0.25, 0.3) is 0 Å². The summed E-state index contributed by atoms with van der Waals surface area (Å²) in [4.78, 5) is 11.2. The van der Waals surface area contributed by atoms with E-state index in [1.807, 2.05) is 6.92 Å². The summed E-state index contributed by atoms with van der Waals surface area (Å²) >= 11 is 1.72. The van der Waals surface area contributed by atoms with E-state index in [2.05, 4.69) is 5.32 Å². The van der Waals surface area contributed by atoms with Crippen LogP contribution in [0.1, 0.15) is 19.8 Å². The van der Waals surface area contributed by atoms with Crippen molar-refractivity contribution in [1.29, 1.82) is 0 Å². The van der Waals surface area contributed by atoms with Crippen molar-refractivity contribution in [2.75, 3.05) is 20.3 Å². The topological polar surface area (TPSA) is 38.3 Å². The van der Waals surface area contributed by atoms with Crippen LogP contribution >= 0.6 is 11.8 Å². The Balaban J connectivity index is 2.25. The molecule has 2 atom stereocenters. The summed E-state index contributed by atoms with van der Waals surface area (Å²) in [5.41, 5.74) is 0. The molecule has 1 aliphatic heterocycles. The Bertz CT molecular complexity index is 169. The standard InChI is InChI=1S/C9H17NO2S/c1-7(9(11)10-2)13-8-4-3-5-12-6-8/h7-8H,3-6H2,1-2H3,(H,10,11). The monoisotopic (exact) mass is 203 g/mol. The van der Waals surface area contributed by atoms with Crippen LogP contribution in [0.2, 0.25) is 0 Å². The third kappa shape index (κ3) is 3.56. The van der Waals surface area contributed by atoms with Crippen LogP contribution < -0.4 is 5.32 Å². The zero-order chi connectivity index (χ0) is 9.68. The SMILES string of the molecule is CNC(=O)C(C)SC1CCCOC1. The number of hydrogen-bond acceptors (Lipinski definition) is 3. The molecule has 1 amide bonds. The number of thioether (sulfide) groups is 1. The van der Waals surface area contributed by atoms with Gasteiger partial charge in [-0.05, 0) is 19.8 Å². The van der Waals surface area contributed by atoms with Crippen LogP contribution in [0.3, 0.4) is 0 Å². The lowest BCUT2D eigenvalue weighted by Crippen LogP contribution is -2.31. The maximum absolute atomic E-state index is 11.2. The van der Waals surface area contributed by atoms with Crippen LogP contribution in [-0.4, -0.2) is 36.7 Å². The molecule has 2 unspecified atom stereocenters. The van der Waals surface area contributed by atoms with Gasteiger partial charge in [-0.15, -0.1) is 11.8 Å². The molecular weight excluding hydrogens is 186 g/mol. The summed E-state index contributed by atoms with van der Waals surface area (Å²) < 4.78 is 5.34. The van der Waals surface area contributed by atoms with Gasteiger partial charge in [0.05, 0.1) is 11.9 Å². The van der Waals surface area contributed by atoms with Crippen LogP contribution in [0, 0.1) is 0 Å². The van der Waals surface area contributed by atoms with Crippen LogP contribution in [-0.2, 0) is 9.53 Å². The minimum Gasteiger partial charge on any atom is -0.380 e. The molecule has 0 aromatic rings. The van der Waals surface area contributed by atoms with Gasteiger partial charge < -0.3 is 10.1 Å². The Hall–Kier alpha value is -0.220. The molecule has 76 valence electrons. The molecule has 1 fully saturated rings. The van der Waals surface area contributed by atoms with Gasteiger partial charge in [-0.25, -0.2) is 0 Å². The van der Waals surface area contributed by atoms with E-state index in [1.54, 1.807) is 18.8 Å². The first-order valence-electron chi connectivity index (χ1n) is 4.69. The number of amides is 1. The van der Waals surface area contributed by atoms with Crippen molar-refractivity contribution >= 4 is 17.7 Å². The molecule has 1 aliphatic rings. The Labute approximate surface area is 83.6 Å². The largest absolute Gasteiger partial charge is 0.380 e. The fraction of sp³-hybridized carbons (Fsp3) is 0.889. The second-order valence-corrected chi connectivity index (χ2v) is 4.88. The lowest BCUT2D eigenvalue weighted by Gasteiger charge is -2.23. The van der Waals surface area contributed by atoms with E-state index in [-0.39, 0.29) is 11.2 Å². The Kier molecular flexibility index (Phi) is 4.59. The second-order valence-electron chi connectivity index (χ2n) is 3.23. The van der Waals surface area contributed by atoms with Gasteiger partial charge in [-0.2, -0.15) is 0 Å². The van der Waals surface area contributed by atoms with E-state index >= 15 is 0 Å². The number of hydrogen-bond donors (Lipinski definition) is 1. The lowest BCUT2D eigenvalue weighted by atomic mass is 10.2. The van der Waals surface area contributed by atoms with Crippen molar-refractivity contribution in [2.45, 2.75) is 30.3 Å². The van der Waals surface area contributed by atoms with Crippen LogP contribution in [0.15, 0.2) is 0 Å². The molecule has 0 spiro atoms. The van der Waals surface area contributed by atoms with Gasteiger partial charge in [0, 0.05) is 18.9 Å². The van der Waals surface area contributed by atoms with Gasteiger partial charge >= 0.3 is 0 Å². The third-order valence-corrected chi connectivity index (χ3v) is 3.51. The van der Waals surface area contributed by atoms with Gasteiger partial charge in [0.15, 0.2) is 0 Å². The van der Waals surface area contributed by atoms with Crippen molar-refractivity contribution in [1.82, 2.24) is 5.32 Å². The third-order valence-electron chi connectivity index (χ3n) is 2.13. The Morgan fingerprint density at radius 3 is 3.00 bits per heavy atom. The number of ether oxygens (including phenoxy) is 1. The average Bonchev–Trinajstić information content (AvgIpc) is 2.18. The smallest absolute Gasteiger partial charge is 0.232 e. The summed E-state index contributed by atoms with van der Waals surface area (Å²) in [5, 5.41) is 3.19. The highest BCUT2D eigenvalue weighted by Gasteiger charge is 2.20. The maximum atomic E-state index is 11.2. The van der Waals surface area contributed by atoms with E-state index in [9.17, 15) is 4.79 Å². The fourth-order valence-corrected chi connectivity index (χ4v) is 2.67. The van der Waals surface area contributed by atoms with E-state index in [4.69, 9.17) is 4.74 Å². The molecule has 0 radical (unpaired) electrons. The zero-order valence-electron chi connectivity index (χ0n) is 8.21. The molecule has 1 rings (SSSR count). The van der Waals surface area contributed by atoms with Crippen molar-refractivity contribution in [3.63, 3.8) is 0 Å². The second kappa shape index (κ2) is 5.50. The first kappa shape index (κ1) is 10.9. The first-order chi connectivity index (χ1) is 6.24. The predicted molar refractivity (Wildman–Crippen MR) is 55.0 cm³/mol. The summed E-state index contributed by atoms with van der Waals surface area (Å²) in [6, 6.07) is 0. The molecular formula is C9H17NO2S. The normalized spacial score (nSPS) is 25.2. The highest BCUT2D eigenvalue weighted by molar-refractivity contribution is 8.01. The van der Waals surface area contributed by atoms with Crippen LogP contribution in [0.25, 0.3) is 0 Å². The molecule has 4 heteroatoms. The van der Waals surface area contributed by atoms with Gasteiger partial charge in [-0.3, -0.25) is 4.79 Å². The number of carbonyl (C=O) groups is 1.